The Bertz CT molecular complexity index is 302. The molecule has 1 N–H and O–H groups in total. The van der Waals surface area contributed by atoms with Crippen LogP contribution in [0.5, 0.6) is 0 Å². The van der Waals surface area contributed by atoms with E-state index in [4.69, 9.17) is 4.74 Å². The molecule has 0 aliphatic rings. The molecule has 0 saturated heterocycles. The highest BCUT2D eigenvalue weighted by molar-refractivity contribution is 9.10. The molecule has 2 nitrogen and oxygen atoms in total. The highest BCUT2D eigenvalue weighted by Gasteiger charge is 2.01. The number of benzene rings is 1. The minimum absolute atomic E-state index is 0.689. The SMILES string of the molecule is CCCOCc1ccc(CNC)cc1Br. The molecule has 0 unspecified atom stereocenters. The third-order valence-electron chi connectivity index (χ3n) is 2.10. The smallest absolute Gasteiger partial charge is 0.0727 e. The zero-order chi connectivity index (χ0) is 11.1. The zero-order valence-electron chi connectivity index (χ0n) is 9.35. The van der Waals surface area contributed by atoms with E-state index in [0.717, 1.165) is 24.0 Å². The number of hydrogen-bond acceptors (Lipinski definition) is 2. The summed E-state index contributed by atoms with van der Waals surface area (Å²) in [6.07, 6.45) is 1.06. The summed E-state index contributed by atoms with van der Waals surface area (Å²) in [4.78, 5) is 0. The molecule has 0 amide bonds. The van der Waals surface area contributed by atoms with Crippen LogP contribution in [0.1, 0.15) is 24.5 Å². The number of hydrogen-bond donors (Lipinski definition) is 1. The maximum Gasteiger partial charge on any atom is 0.0727 e. The summed E-state index contributed by atoms with van der Waals surface area (Å²) < 4.78 is 6.63. The Morgan fingerprint density at radius 3 is 2.80 bits per heavy atom. The summed E-state index contributed by atoms with van der Waals surface area (Å²) in [5, 5.41) is 3.13. The fourth-order valence-electron chi connectivity index (χ4n) is 1.35. The maximum atomic E-state index is 5.50. The average molecular weight is 272 g/mol. The summed E-state index contributed by atoms with van der Waals surface area (Å²) in [5.41, 5.74) is 2.49. The first kappa shape index (κ1) is 12.7. The van der Waals surface area contributed by atoms with E-state index >= 15 is 0 Å². The van der Waals surface area contributed by atoms with Crippen molar-refractivity contribution in [2.24, 2.45) is 0 Å². The van der Waals surface area contributed by atoms with Crippen molar-refractivity contribution in [1.29, 1.82) is 0 Å². The van der Waals surface area contributed by atoms with Crippen molar-refractivity contribution < 1.29 is 4.74 Å². The second kappa shape index (κ2) is 6.99. The standard InChI is InChI=1S/C12H18BrNO/c1-3-6-15-9-11-5-4-10(8-14-2)7-12(11)13/h4-5,7,14H,3,6,8-9H2,1-2H3. The van der Waals surface area contributed by atoms with Gasteiger partial charge in [0, 0.05) is 17.6 Å². The topological polar surface area (TPSA) is 21.3 Å². The van der Waals surface area contributed by atoms with E-state index in [-0.39, 0.29) is 0 Å². The van der Waals surface area contributed by atoms with Crippen LogP contribution in [0, 0.1) is 0 Å². The van der Waals surface area contributed by atoms with Crippen molar-refractivity contribution in [3.05, 3.63) is 33.8 Å². The van der Waals surface area contributed by atoms with E-state index in [1.54, 1.807) is 0 Å². The van der Waals surface area contributed by atoms with Crippen LogP contribution < -0.4 is 5.32 Å². The molecular formula is C12H18BrNO. The van der Waals surface area contributed by atoms with Gasteiger partial charge in [0.05, 0.1) is 6.61 Å². The first-order valence-corrected chi connectivity index (χ1v) is 6.07. The summed E-state index contributed by atoms with van der Waals surface area (Å²) in [5.74, 6) is 0. The summed E-state index contributed by atoms with van der Waals surface area (Å²) in [6.45, 7) is 4.53. The largest absolute Gasteiger partial charge is 0.377 e. The van der Waals surface area contributed by atoms with E-state index in [1.165, 1.54) is 11.1 Å². The minimum Gasteiger partial charge on any atom is -0.377 e. The summed E-state index contributed by atoms with van der Waals surface area (Å²) in [7, 11) is 1.95. The van der Waals surface area contributed by atoms with Gasteiger partial charge in [-0.3, -0.25) is 0 Å². The Morgan fingerprint density at radius 1 is 1.40 bits per heavy atom. The van der Waals surface area contributed by atoms with E-state index in [0.29, 0.717) is 6.61 Å². The van der Waals surface area contributed by atoms with Gasteiger partial charge in [-0.25, -0.2) is 0 Å². The van der Waals surface area contributed by atoms with Gasteiger partial charge in [0.1, 0.15) is 0 Å². The molecule has 0 aliphatic heterocycles. The predicted octanol–water partition coefficient (Wildman–Crippen LogP) is 3.10. The monoisotopic (exact) mass is 271 g/mol. The molecule has 0 saturated carbocycles. The highest BCUT2D eigenvalue weighted by Crippen LogP contribution is 2.19. The third kappa shape index (κ3) is 4.33. The quantitative estimate of drug-likeness (QED) is 0.803. The number of rotatable bonds is 6. The molecule has 3 heteroatoms. The van der Waals surface area contributed by atoms with E-state index < -0.39 is 0 Å². The molecule has 0 spiro atoms. The van der Waals surface area contributed by atoms with Crippen LogP contribution >= 0.6 is 15.9 Å². The second-order valence-corrected chi connectivity index (χ2v) is 4.36. The van der Waals surface area contributed by atoms with Crippen LogP contribution in [0.2, 0.25) is 0 Å². The molecule has 0 fully saturated rings. The van der Waals surface area contributed by atoms with Crippen molar-refractivity contribution in [3.63, 3.8) is 0 Å². The molecule has 84 valence electrons. The maximum absolute atomic E-state index is 5.50. The van der Waals surface area contributed by atoms with Gasteiger partial charge in [0.15, 0.2) is 0 Å². The molecule has 0 bridgehead atoms. The van der Waals surface area contributed by atoms with Gasteiger partial charge in [-0.05, 0) is 30.7 Å². The minimum atomic E-state index is 0.689. The van der Waals surface area contributed by atoms with Crippen LogP contribution in [0.25, 0.3) is 0 Å². The third-order valence-corrected chi connectivity index (χ3v) is 2.84. The van der Waals surface area contributed by atoms with Crippen LogP contribution in [0.3, 0.4) is 0 Å². The second-order valence-electron chi connectivity index (χ2n) is 3.51. The molecule has 0 aliphatic carbocycles. The van der Waals surface area contributed by atoms with Gasteiger partial charge in [-0.2, -0.15) is 0 Å². The molecule has 0 heterocycles. The van der Waals surface area contributed by atoms with Crippen LogP contribution in [-0.2, 0) is 17.9 Å². The molecule has 0 radical (unpaired) electrons. The first-order valence-electron chi connectivity index (χ1n) is 5.27. The van der Waals surface area contributed by atoms with E-state index in [1.807, 2.05) is 7.05 Å². The lowest BCUT2D eigenvalue weighted by molar-refractivity contribution is 0.121. The van der Waals surface area contributed by atoms with Gasteiger partial charge < -0.3 is 10.1 Å². The van der Waals surface area contributed by atoms with Crippen molar-refractivity contribution in [2.75, 3.05) is 13.7 Å². The molecule has 0 aromatic heterocycles. The van der Waals surface area contributed by atoms with Gasteiger partial charge in [-0.15, -0.1) is 0 Å². The molecular weight excluding hydrogens is 254 g/mol. The Morgan fingerprint density at radius 2 is 2.20 bits per heavy atom. The lowest BCUT2D eigenvalue weighted by Gasteiger charge is -2.07. The van der Waals surface area contributed by atoms with Crippen LogP contribution in [0.15, 0.2) is 22.7 Å². The molecule has 15 heavy (non-hydrogen) atoms. The van der Waals surface area contributed by atoms with E-state index in [2.05, 4.69) is 46.4 Å². The fourth-order valence-corrected chi connectivity index (χ4v) is 1.89. The van der Waals surface area contributed by atoms with Crippen LogP contribution in [0.4, 0.5) is 0 Å². The summed E-state index contributed by atoms with van der Waals surface area (Å²) >= 11 is 3.56. The van der Waals surface area contributed by atoms with Crippen molar-refractivity contribution in [2.45, 2.75) is 26.5 Å². The van der Waals surface area contributed by atoms with Crippen LogP contribution in [-0.4, -0.2) is 13.7 Å². The highest BCUT2D eigenvalue weighted by atomic mass is 79.9. The molecule has 1 aromatic rings. The van der Waals surface area contributed by atoms with Crippen molar-refractivity contribution >= 4 is 15.9 Å². The number of nitrogens with one attached hydrogen (secondary N) is 1. The fraction of sp³-hybridized carbons (Fsp3) is 0.500. The summed E-state index contributed by atoms with van der Waals surface area (Å²) in [6, 6.07) is 6.39. The Hall–Kier alpha value is -0.380. The number of ether oxygens (including phenoxy) is 1. The van der Waals surface area contributed by atoms with Crippen molar-refractivity contribution in [1.82, 2.24) is 5.32 Å². The first-order chi connectivity index (χ1) is 7.27. The average Bonchev–Trinajstić information content (AvgIpc) is 2.22. The predicted molar refractivity (Wildman–Crippen MR) is 66.9 cm³/mol. The molecule has 1 rings (SSSR count). The van der Waals surface area contributed by atoms with Gasteiger partial charge in [0.2, 0.25) is 0 Å². The van der Waals surface area contributed by atoms with E-state index in [9.17, 15) is 0 Å². The lowest BCUT2D eigenvalue weighted by Crippen LogP contribution is -2.05. The van der Waals surface area contributed by atoms with Gasteiger partial charge >= 0.3 is 0 Å². The van der Waals surface area contributed by atoms with Gasteiger partial charge in [-0.1, -0.05) is 35.0 Å². The lowest BCUT2D eigenvalue weighted by atomic mass is 10.1. The zero-order valence-corrected chi connectivity index (χ0v) is 10.9. The molecule has 1 aromatic carbocycles. The Balaban J connectivity index is 2.58. The number of halogens is 1. The normalized spacial score (nSPS) is 10.6. The Labute approximate surface area is 100 Å². The van der Waals surface area contributed by atoms with Crippen molar-refractivity contribution in [3.8, 4) is 0 Å². The van der Waals surface area contributed by atoms with Gasteiger partial charge in [0.25, 0.3) is 0 Å². The Kier molecular flexibility index (Phi) is 5.91. The molecule has 0 atom stereocenters.